The highest BCUT2D eigenvalue weighted by Gasteiger charge is 2.17. The summed E-state index contributed by atoms with van der Waals surface area (Å²) in [6.07, 6.45) is 6.28. The van der Waals surface area contributed by atoms with Crippen LogP contribution in [0.15, 0.2) is 17.6 Å². The quantitative estimate of drug-likeness (QED) is 0.367. The zero-order valence-electron chi connectivity index (χ0n) is 12.5. The largest absolute Gasteiger partial charge is 0.349 e. The van der Waals surface area contributed by atoms with Crippen LogP contribution in [0.5, 0.6) is 0 Å². The maximum absolute atomic E-state index is 4.31. The van der Waals surface area contributed by atoms with E-state index in [0.29, 0.717) is 6.54 Å². The van der Waals surface area contributed by atoms with Gasteiger partial charge in [0.05, 0.1) is 6.54 Å². The maximum atomic E-state index is 4.31. The minimum atomic E-state index is 0.672. The van der Waals surface area contributed by atoms with Gasteiger partial charge < -0.3 is 14.8 Å². The van der Waals surface area contributed by atoms with Crippen molar-refractivity contribution < 1.29 is 0 Å². The molecule has 0 aromatic carbocycles. The molecule has 110 valence electrons. The summed E-state index contributed by atoms with van der Waals surface area (Å²) in [4.78, 5) is 6.44. The van der Waals surface area contributed by atoms with Gasteiger partial charge in [0.2, 0.25) is 0 Å². The fourth-order valence-electron chi connectivity index (χ4n) is 2.46. The van der Waals surface area contributed by atoms with Gasteiger partial charge in [0.1, 0.15) is 5.82 Å². The van der Waals surface area contributed by atoms with E-state index in [1.807, 2.05) is 13.1 Å². The SMILES string of the molecule is C=CCCCN(C)C(=NC)NCc1nnc2n1CCC2. The average molecular weight is 276 g/mol. The molecule has 6 heteroatoms. The van der Waals surface area contributed by atoms with Crippen LogP contribution in [-0.4, -0.2) is 46.3 Å². The van der Waals surface area contributed by atoms with Gasteiger partial charge in [-0.2, -0.15) is 0 Å². The summed E-state index contributed by atoms with van der Waals surface area (Å²) >= 11 is 0. The molecule has 0 fully saturated rings. The molecule has 0 saturated heterocycles. The molecular formula is C14H24N6. The van der Waals surface area contributed by atoms with Crippen LogP contribution >= 0.6 is 0 Å². The maximum Gasteiger partial charge on any atom is 0.193 e. The Morgan fingerprint density at radius 3 is 3.15 bits per heavy atom. The Balaban J connectivity index is 1.85. The molecule has 1 N–H and O–H groups in total. The van der Waals surface area contributed by atoms with E-state index in [1.165, 1.54) is 6.42 Å². The van der Waals surface area contributed by atoms with E-state index in [4.69, 9.17) is 0 Å². The second-order valence-corrected chi connectivity index (χ2v) is 5.04. The highest BCUT2D eigenvalue weighted by molar-refractivity contribution is 5.79. The fourth-order valence-corrected chi connectivity index (χ4v) is 2.46. The van der Waals surface area contributed by atoms with Crippen molar-refractivity contribution in [2.45, 2.75) is 38.8 Å². The lowest BCUT2D eigenvalue weighted by molar-refractivity contribution is 0.467. The highest BCUT2D eigenvalue weighted by atomic mass is 15.3. The van der Waals surface area contributed by atoms with Gasteiger partial charge in [0, 0.05) is 33.6 Å². The number of hydrogen-bond acceptors (Lipinski definition) is 3. The van der Waals surface area contributed by atoms with E-state index in [0.717, 1.165) is 50.0 Å². The molecule has 2 rings (SSSR count). The van der Waals surface area contributed by atoms with E-state index in [2.05, 4.69) is 36.6 Å². The van der Waals surface area contributed by atoms with E-state index < -0.39 is 0 Å². The molecule has 2 heterocycles. The highest BCUT2D eigenvalue weighted by Crippen LogP contribution is 2.13. The standard InChI is InChI=1S/C14H24N6/c1-4-5-6-9-19(3)14(15-2)16-11-13-18-17-12-8-7-10-20(12)13/h4H,1,5-11H2,2-3H3,(H,15,16). The minimum Gasteiger partial charge on any atom is -0.349 e. The van der Waals surface area contributed by atoms with Gasteiger partial charge in [-0.15, -0.1) is 16.8 Å². The molecule has 20 heavy (non-hydrogen) atoms. The molecule has 1 aliphatic rings. The summed E-state index contributed by atoms with van der Waals surface area (Å²) in [5.74, 6) is 3.00. The number of aryl methyl sites for hydroxylation is 1. The molecule has 0 saturated carbocycles. The van der Waals surface area contributed by atoms with Crippen molar-refractivity contribution in [1.29, 1.82) is 0 Å². The van der Waals surface area contributed by atoms with E-state index in [-0.39, 0.29) is 0 Å². The monoisotopic (exact) mass is 276 g/mol. The second kappa shape index (κ2) is 7.07. The number of hydrogen-bond donors (Lipinski definition) is 1. The van der Waals surface area contributed by atoms with Gasteiger partial charge in [0.15, 0.2) is 11.8 Å². The Bertz CT molecular complexity index is 476. The normalized spacial score (nSPS) is 14.2. The molecule has 0 atom stereocenters. The molecule has 1 aromatic heterocycles. The number of rotatable bonds is 6. The second-order valence-electron chi connectivity index (χ2n) is 5.04. The van der Waals surface area contributed by atoms with Crippen molar-refractivity contribution in [2.24, 2.45) is 4.99 Å². The molecule has 0 radical (unpaired) electrons. The first-order valence-corrected chi connectivity index (χ1v) is 7.20. The van der Waals surface area contributed by atoms with Crippen LogP contribution in [0, 0.1) is 0 Å². The van der Waals surface area contributed by atoms with Crippen LogP contribution < -0.4 is 5.32 Å². The molecule has 0 unspecified atom stereocenters. The lowest BCUT2D eigenvalue weighted by Crippen LogP contribution is -2.39. The molecule has 0 amide bonds. The lowest BCUT2D eigenvalue weighted by atomic mass is 10.3. The van der Waals surface area contributed by atoms with Gasteiger partial charge >= 0.3 is 0 Å². The number of unbranched alkanes of at least 4 members (excludes halogenated alkanes) is 1. The Morgan fingerprint density at radius 1 is 1.55 bits per heavy atom. The molecule has 0 aliphatic carbocycles. The van der Waals surface area contributed by atoms with Gasteiger partial charge in [-0.25, -0.2) is 0 Å². The molecule has 0 bridgehead atoms. The van der Waals surface area contributed by atoms with Crippen LogP contribution in [0.4, 0.5) is 0 Å². The third-order valence-corrected chi connectivity index (χ3v) is 3.57. The fraction of sp³-hybridized carbons (Fsp3) is 0.643. The predicted octanol–water partition coefficient (Wildman–Crippen LogP) is 1.20. The van der Waals surface area contributed by atoms with Crippen LogP contribution in [0.1, 0.15) is 30.9 Å². The third kappa shape index (κ3) is 3.37. The number of guanidine groups is 1. The first-order valence-electron chi connectivity index (χ1n) is 7.20. The summed E-state index contributed by atoms with van der Waals surface area (Å²) in [7, 11) is 3.85. The zero-order valence-corrected chi connectivity index (χ0v) is 12.5. The van der Waals surface area contributed by atoms with Crippen molar-refractivity contribution in [2.75, 3.05) is 20.6 Å². The summed E-state index contributed by atoms with van der Waals surface area (Å²) < 4.78 is 2.21. The molecule has 1 aliphatic heterocycles. The Labute approximate surface area is 120 Å². The number of allylic oxidation sites excluding steroid dienone is 1. The number of aliphatic imine (C=N–C) groups is 1. The van der Waals surface area contributed by atoms with Crippen molar-refractivity contribution in [3.63, 3.8) is 0 Å². The summed E-state index contributed by atoms with van der Waals surface area (Å²) in [5, 5.41) is 11.8. The van der Waals surface area contributed by atoms with Crippen molar-refractivity contribution in [3.05, 3.63) is 24.3 Å². The topological polar surface area (TPSA) is 58.3 Å². The smallest absolute Gasteiger partial charge is 0.193 e. The van der Waals surface area contributed by atoms with E-state index in [1.54, 1.807) is 7.05 Å². The average Bonchev–Trinajstić information content (AvgIpc) is 3.04. The van der Waals surface area contributed by atoms with Gasteiger partial charge in [-0.05, 0) is 19.3 Å². The van der Waals surface area contributed by atoms with Gasteiger partial charge in [0.25, 0.3) is 0 Å². The Morgan fingerprint density at radius 2 is 2.40 bits per heavy atom. The van der Waals surface area contributed by atoms with Gasteiger partial charge in [-0.3, -0.25) is 4.99 Å². The molecular weight excluding hydrogens is 252 g/mol. The number of nitrogens with zero attached hydrogens (tertiary/aromatic N) is 5. The van der Waals surface area contributed by atoms with Crippen LogP contribution in [-0.2, 0) is 19.5 Å². The predicted molar refractivity (Wildman–Crippen MR) is 80.6 cm³/mol. The van der Waals surface area contributed by atoms with E-state index >= 15 is 0 Å². The number of aromatic nitrogens is 3. The van der Waals surface area contributed by atoms with E-state index in [9.17, 15) is 0 Å². The zero-order chi connectivity index (χ0) is 14.4. The molecule has 1 aromatic rings. The summed E-state index contributed by atoms with van der Waals surface area (Å²) in [5.41, 5.74) is 0. The van der Waals surface area contributed by atoms with Crippen molar-refractivity contribution >= 4 is 5.96 Å². The summed E-state index contributed by atoms with van der Waals surface area (Å²) in [6.45, 7) is 6.41. The van der Waals surface area contributed by atoms with Crippen molar-refractivity contribution in [3.8, 4) is 0 Å². The first kappa shape index (κ1) is 14.6. The van der Waals surface area contributed by atoms with Gasteiger partial charge in [-0.1, -0.05) is 6.08 Å². The molecule has 0 spiro atoms. The third-order valence-electron chi connectivity index (χ3n) is 3.57. The minimum absolute atomic E-state index is 0.672. The number of nitrogens with one attached hydrogen (secondary N) is 1. The lowest BCUT2D eigenvalue weighted by Gasteiger charge is -2.21. The summed E-state index contributed by atoms with van der Waals surface area (Å²) in [6, 6.07) is 0. The molecule has 6 nitrogen and oxygen atoms in total. The van der Waals surface area contributed by atoms with Crippen LogP contribution in [0.25, 0.3) is 0 Å². The van der Waals surface area contributed by atoms with Crippen molar-refractivity contribution in [1.82, 2.24) is 25.0 Å². The first-order chi connectivity index (χ1) is 9.76. The van der Waals surface area contributed by atoms with Crippen LogP contribution in [0.2, 0.25) is 0 Å². The number of fused-ring (bicyclic) bond motifs is 1. The van der Waals surface area contributed by atoms with Crippen LogP contribution in [0.3, 0.4) is 0 Å². The Hall–Kier alpha value is -1.85. The Kier molecular flexibility index (Phi) is 5.15.